The second-order valence-electron chi connectivity index (χ2n) is 6.28. The lowest BCUT2D eigenvalue weighted by Gasteiger charge is -2.09. The van der Waals surface area contributed by atoms with Crippen LogP contribution in [-0.4, -0.2) is 25.7 Å². The number of hydrogen-bond acceptors (Lipinski definition) is 5. The summed E-state index contributed by atoms with van der Waals surface area (Å²) in [6.45, 7) is 1.87. The predicted molar refractivity (Wildman–Crippen MR) is 110 cm³/mol. The molecule has 2 aromatic carbocycles. The summed E-state index contributed by atoms with van der Waals surface area (Å²) in [5, 5.41) is 10.9. The summed E-state index contributed by atoms with van der Waals surface area (Å²) >= 11 is 5.92. The Morgan fingerprint density at radius 1 is 1.10 bits per heavy atom. The highest BCUT2D eigenvalue weighted by atomic mass is 35.5. The first kappa shape index (κ1) is 19.5. The minimum atomic E-state index is -0.505. The number of benzene rings is 2. The van der Waals surface area contributed by atoms with Crippen molar-refractivity contribution in [3.63, 3.8) is 0 Å². The van der Waals surface area contributed by atoms with Gasteiger partial charge in [0.15, 0.2) is 5.82 Å². The number of nitrogens with one attached hydrogen (secondary N) is 1. The number of aromatic nitrogens is 4. The second-order valence-corrected chi connectivity index (χ2v) is 6.69. The molecule has 2 heterocycles. The van der Waals surface area contributed by atoms with Gasteiger partial charge in [0, 0.05) is 24.1 Å². The maximum absolute atomic E-state index is 13.1. The predicted octanol–water partition coefficient (Wildman–Crippen LogP) is 4.81. The van der Waals surface area contributed by atoms with Gasteiger partial charge in [-0.25, -0.2) is 9.37 Å². The topological polar surface area (TPSA) is 81.9 Å². The van der Waals surface area contributed by atoms with Crippen LogP contribution in [0.2, 0.25) is 5.02 Å². The molecule has 4 rings (SSSR count). The zero-order valence-electron chi connectivity index (χ0n) is 15.7. The van der Waals surface area contributed by atoms with E-state index in [1.165, 1.54) is 12.1 Å². The molecule has 0 bridgehead atoms. The molecule has 0 aliphatic carbocycles. The van der Waals surface area contributed by atoms with Gasteiger partial charge in [-0.15, -0.1) is 10.2 Å². The van der Waals surface area contributed by atoms with Crippen LogP contribution in [0.5, 0.6) is 11.6 Å². The van der Waals surface area contributed by atoms with Crippen molar-refractivity contribution >= 4 is 23.2 Å². The first-order chi connectivity index (χ1) is 14.5. The van der Waals surface area contributed by atoms with E-state index in [2.05, 4.69) is 20.5 Å². The van der Waals surface area contributed by atoms with E-state index in [1.807, 2.05) is 11.5 Å². The molecule has 0 radical (unpaired) electrons. The average Bonchev–Trinajstić information content (AvgIpc) is 3.16. The summed E-state index contributed by atoms with van der Waals surface area (Å²) in [6, 6.07) is 13.8. The number of carbonyl (C=O) groups is 1. The van der Waals surface area contributed by atoms with Gasteiger partial charge in [-0.1, -0.05) is 11.6 Å². The van der Waals surface area contributed by atoms with Crippen LogP contribution in [0.1, 0.15) is 16.2 Å². The van der Waals surface area contributed by atoms with E-state index < -0.39 is 11.7 Å². The molecule has 9 heteroatoms. The Hall–Kier alpha value is -3.78. The molecule has 0 fully saturated rings. The Bertz CT molecular complexity index is 1190. The van der Waals surface area contributed by atoms with Gasteiger partial charge in [0.2, 0.25) is 5.88 Å². The summed E-state index contributed by atoms with van der Waals surface area (Å²) in [4.78, 5) is 16.5. The van der Waals surface area contributed by atoms with E-state index in [0.717, 1.165) is 11.9 Å². The van der Waals surface area contributed by atoms with Crippen LogP contribution in [0.4, 0.5) is 10.1 Å². The van der Waals surface area contributed by atoms with Gasteiger partial charge in [0.1, 0.15) is 17.4 Å². The molecule has 2 aromatic heterocycles. The van der Waals surface area contributed by atoms with Crippen molar-refractivity contribution in [2.75, 3.05) is 5.32 Å². The minimum Gasteiger partial charge on any atom is -0.438 e. The van der Waals surface area contributed by atoms with Crippen LogP contribution in [0.15, 0.2) is 67.0 Å². The molecule has 7 nitrogen and oxygen atoms in total. The fraction of sp³-hybridized carbons (Fsp3) is 0.0476. The maximum atomic E-state index is 13.1. The lowest BCUT2D eigenvalue weighted by atomic mass is 10.2. The largest absolute Gasteiger partial charge is 0.438 e. The molecule has 1 amide bonds. The number of nitrogens with zero attached hydrogens (tertiary/aromatic N) is 4. The molecule has 1 N–H and O–H groups in total. The SMILES string of the molecule is Cc1nccn1-c1ccc(Oc2ccc(NC(=O)c3ccc(F)cc3Cl)cc2)nn1. The van der Waals surface area contributed by atoms with E-state index in [9.17, 15) is 9.18 Å². The van der Waals surface area contributed by atoms with E-state index in [-0.39, 0.29) is 10.6 Å². The molecule has 150 valence electrons. The molecule has 0 saturated carbocycles. The van der Waals surface area contributed by atoms with Crippen molar-refractivity contribution in [2.45, 2.75) is 6.92 Å². The average molecular weight is 424 g/mol. The number of rotatable bonds is 5. The molecule has 0 saturated heterocycles. The summed E-state index contributed by atoms with van der Waals surface area (Å²) in [7, 11) is 0. The molecule has 0 aliphatic rings. The standard InChI is InChI=1S/C21H15ClFN5O2/c1-13-24-10-11-28(13)19-8-9-20(27-26-19)30-16-5-3-15(4-6-16)25-21(29)17-7-2-14(23)12-18(17)22/h2-12H,1H3,(H,25,29). The van der Waals surface area contributed by atoms with Crippen LogP contribution in [-0.2, 0) is 0 Å². The number of aryl methyl sites for hydroxylation is 1. The molecule has 4 aromatic rings. The van der Waals surface area contributed by atoms with E-state index >= 15 is 0 Å². The monoisotopic (exact) mass is 423 g/mol. The third-order valence-corrected chi connectivity index (χ3v) is 4.52. The number of ether oxygens (including phenoxy) is 1. The highest BCUT2D eigenvalue weighted by molar-refractivity contribution is 6.34. The molecular weight excluding hydrogens is 409 g/mol. The van der Waals surface area contributed by atoms with Crippen LogP contribution >= 0.6 is 11.6 Å². The Morgan fingerprint density at radius 3 is 2.53 bits per heavy atom. The third kappa shape index (κ3) is 4.28. The Kier molecular flexibility index (Phi) is 5.40. The molecule has 30 heavy (non-hydrogen) atoms. The van der Waals surface area contributed by atoms with Gasteiger partial charge in [0.25, 0.3) is 5.91 Å². The summed E-state index contributed by atoms with van der Waals surface area (Å²) < 4.78 is 20.6. The van der Waals surface area contributed by atoms with Gasteiger partial charge < -0.3 is 10.1 Å². The summed E-state index contributed by atoms with van der Waals surface area (Å²) in [5.41, 5.74) is 0.714. The van der Waals surface area contributed by atoms with E-state index in [0.29, 0.717) is 23.1 Å². The van der Waals surface area contributed by atoms with Gasteiger partial charge in [-0.05, 0) is 55.5 Å². The van der Waals surface area contributed by atoms with Crippen molar-refractivity contribution in [2.24, 2.45) is 0 Å². The number of halogens is 2. The van der Waals surface area contributed by atoms with E-state index in [4.69, 9.17) is 16.3 Å². The van der Waals surface area contributed by atoms with Crippen LogP contribution in [0.25, 0.3) is 5.82 Å². The van der Waals surface area contributed by atoms with Gasteiger partial charge in [-0.3, -0.25) is 9.36 Å². The van der Waals surface area contributed by atoms with Crippen LogP contribution in [0, 0.1) is 12.7 Å². The first-order valence-electron chi connectivity index (χ1n) is 8.88. The molecule has 0 spiro atoms. The zero-order chi connectivity index (χ0) is 21.1. The van der Waals surface area contributed by atoms with Crippen molar-refractivity contribution in [3.8, 4) is 17.4 Å². The van der Waals surface area contributed by atoms with Crippen molar-refractivity contribution in [1.29, 1.82) is 0 Å². The summed E-state index contributed by atoms with van der Waals surface area (Å²) in [5.74, 6) is 1.34. The van der Waals surface area contributed by atoms with E-state index in [1.54, 1.807) is 48.8 Å². The van der Waals surface area contributed by atoms with Crippen LogP contribution < -0.4 is 10.1 Å². The number of hydrogen-bond donors (Lipinski definition) is 1. The maximum Gasteiger partial charge on any atom is 0.257 e. The molecule has 0 atom stereocenters. The second kappa shape index (κ2) is 8.30. The first-order valence-corrected chi connectivity index (χ1v) is 9.26. The third-order valence-electron chi connectivity index (χ3n) is 4.21. The lowest BCUT2D eigenvalue weighted by molar-refractivity contribution is 0.102. The zero-order valence-corrected chi connectivity index (χ0v) is 16.5. The van der Waals surface area contributed by atoms with Gasteiger partial charge in [-0.2, -0.15) is 0 Å². The number of anilines is 1. The van der Waals surface area contributed by atoms with Gasteiger partial charge >= 0.3 is 0 Å². The highest BCUT2D eigenvalue weighted by Gasteiger charge is 2.12. The van der Waals surface area contributed by atoms with Crippen molar-refractivity contribution < 1.29 is 13.9 Å². The molecule has 0 unspecified atom stereocenters. The Labute approximate surface area is 176 Å². The fourth-order valence-electron chi connectivity index (χ4n) is 2.72. The molecule has 0 aliphatic heterocycles. The fourth-order valence-corrected chi connectivity index (χ4v) is 2.97. The van der Waals surface area contributed by atoms with Crippen molar-refractivity contribution in [1.82, 2.24) is 19.7 Å². The van der Waals surface area contributed by atoms with Crippen LogP contribution in [0.3, 0.4) is 0 Å². The Balaban J connectivity index is 1.41. The lowest BCUT2D eigenvalue weighted by Crippen LogP contribution is -2.12. The number of amides is 1. The number of imidazole rings is 1. The summed E-state index contributed by atoms with van der Waals surface area (Å²) in [6.07, 6.45) is 3.48. The van der Waals surface area contributed by atoms with Gasteiger partial charge in [0.05, 0.1) is 10.6 Å². The quantitative estimate of drug-likeness (QED) is 0.498. The number of carbonyl (C=O) groups excluding carboxylic acids is 1. The highest BCUT2D eigenvalue weighted by Crippen LogP contribution is 2.23. The Morgan fingerprint density at radius 2 is 1.90 bits per heavy atom. The smallest absolute Gasteiger partial charge is 0.257 e. The minimum absolute atomic E-state index is 0.0420. The van der Waals surface area contributed by atoms with Crippen molar-refractivity contribution in [3.05, 3.63) is 89.2 Å². The normalized spacial score (nSPS) is 10.6. The molecular formula is C21H15ClFN5O2.